The van der Waals surface area contributed by atoms with E-state index in [-0.39, 0.29) is 0 Å². The van der Waals surface area contributed by atoms with E-state index in [1.807, 2.05) is 60.7 Å². The summed E-state index contributed by atoms with van der Waals surface area (Å²) < 4.78 is 13.0. The summed E-state index contributed by atoms with van der Waals surface area (Å²) in [4.78, 5) is 2.22. The number of fused-ring (bicyclic) bond motifs is 6. The molecular formula is C37H22N2O2. The van der Waals surface area contributed by atoms with Crippen LogP contribution in [0, 0.1) is 11.3 Å². The van der Waals surface area contributed by atoms with Crippen molar-refractivity contribution in [1.29, 1.82) is 5.26 Å². The highest BCUT2D eigenvalue weighted by Crippen LogP contribution is 2.45. The molecule has 0 bridgehead atoms. The van der Waals surface area contributed by atoms with Crippen molar-refractivity contribution >= 4 is 60.9 Å². The van der Waals surface area contributed by atoms with Gasteiger partial charge in [0.05, 0.1) is 23.0 Å². The first-order valence-corrected chi connectivity index (χ1v) is 13.5. The summed E-state index contributed by atoms with van der Waals surface area (Å²) in [7, 11) is 0. The van der Waals surface area contributed by atoms with Gasteiger partial charge in [0, 0.05) is 27.2 Å². The topological polar surface area (TPSA) is 53.3 Å². The lowest BCUT2D eigenvalue weighted by Gasteiger charge is -2.25. The Bertz CT molecular complexity index is 2150. The molecule has 192 valence electrons. The number of para-hydroxylation sites is 4. The molecule has 0 atom stereocenters. The van der Waals surface area contributed by atoms with Gasteiger partial charge < -0.3 is 13.7 Å². The molecule has 0 saturated carbocycles. The second-order valence-electron chi connectivity index (χ2n) is 10.1. The molecule has 0 aliphatic rings. The van der Waals surface area contributed by atoms with Crippen LogP contribution in [0.5, 0.6) is 0 Å². The first-order valence-electron chi connectivity index (χ1n) is 13.5. The molecule has 0 fully saturated rings. The van der Waals surface area contributed by atoms with Crippen LogP contribution in [0.4, 0.5) is 17.1 Å². The molecule has 0 aliphatic heterocycles. The van der Waals surface area contributed by atoms with E-state index in [2.05, 4.69) is 83.8 Å². The molecule has 0 unspecified atom stereocenters. The fraction of sp³-hybridized carbons (Fsp3) is 0. The van der Waals surface area contributed by atoms with Crippen LogP contribution in [0.1, 0.15) is 5.56 Å². The largest absolute Gasteiger partial charge is 0.454 e. The van der Waals surface area contributed by atoms with Gasteiger partial charge in [0.25, 0.3) is 0 Å². The predicted octanol–water partition coefficient (Wildman–Crippen LogP) is 10.5. The van der Waals surface area contributed by atoms with E-state index < -0.39 is 0 Å². The number of hydrogen-bond acceptors (Lipinski definition) is 4. The highest BCUT2D eigenvalue weighted by atomic mass is 16.3. The Morgan fingerprint density at radius 3 is 1.44 bits per heavy atom. The third-order valence-corrected chi connectivity index (χ3v) is 7.72. The molecule has 4 heteroatoms. The van der Waals surface area contributed by atoms with E-state index in [0.29, 0.717) is 5.56 Å². The lowest BCUT2D eigenvalue weighted by atomic mass is 10.0. The van der Waals surface area contributed by atoms with Crippen molar-refractivity contribution in [2.24, 2.45) is 0 Å². The van der Waals surface area contributed by atoms with E-state index in [9.17, 15) is 5.26 Å². The van der Waals surface area contributed by atoms with Gasteiger partial charge in [-0.15, -0.1) is 0 Å². The van der Waals surface area contributed by atoms with Crippen molar-refractivity contribution in [2.45, 2.75) is 0 Å². The number of benzene rings is 6. The Labute approximate surface area is 235 Å². The molecule has 0 radical (unpaired) electrons. The lowest BCUT2D eigenvalue weighted by Crippen LogP contribution is -2.10. The Balaban J connectivity index is 1.37. The maximum Gasteiger partial charge on any atom is 0.159 e. The Hall–Kier alpha value is -5.79. The monoisotopic (exact) mass is 526 g/mol. The van der Waals surface area contributed by atoms with Crippen LogP contribution >= 0.6 is 0 Å². The Morgan fingerprint density at radius 1 is 0.463 bits per heavy atom. The van der Waals surface area contributed by atoms with Gasteiger partial charge in [-0.3, -0.25) is 0 Å². The van der Waals surface area contributed by atoms with Crippen LogP contribution in [0.2, 0.25) is 0 Å². The van der Waals surface area contributed by atoms with Gasteiger partial charge in [-0.1, -0.05) is 84.9 Å². The second-order valence-corrected chi connectivity index (χ2v) is 10.1. The molecule has 8 rings (SSSR count). The first kappa shape index (κ1) is 23.1. The van der Waals surface area contributed by atoms with Gasteiger partial charge in [0.2, 0.25) is 0 Å². The van der Waals surface area contributed by atoms with E-state index in [0.717, 1.165) is 72.1 Å². The highest BCUT2D eigenvalue weighted by molar-refractivity contribution is 6.13. The highest BCUT2D eigenvalue weighted by Gasteiger charge is 2.23. The van der Waals surface area contributed by atoms with Gasteiger partial charge in [0.1, 0.15) is 11.2 Å². The minimum absolute atomic E-state index is 0.648. The molecular weight excluding hydrogens is 504 g/mol. The molecule has 2 aromatic heterocycles. The average molecular weight is 527 g/mol. The van der Waals surface area contributed by atoms with Crippen LogP contribution in [-0.4, -0.2) is 0 Å². The third-order valence-electron chi connectivity index (χ3n) is 7.72. The van der Waals surface area contributed by atoms with E-state index >= 15 is 0 Å². The maximum atomic E-state index is 9.19. The average Bonchev–Trinajstić information content (AvgIpc) is 3.61. The zero-order valence-electron chi connectivity index (χ0n) is 21.9. The fourth-order valence-electron chi connectivity index (χ4n) is 5.76. The van der Waals surface area contributed by atoms with E-state index in [1.54, 1.807) is 0 Å². The van der Waals surface area contributed by atoms with Gasteiger partial charge in [-0.2, -0.15) is 5.26 Å². The van der Waals surface area contributed by atoms with Crippen LogP contribution in [0.15, 0.2) is 142 Å². The maximum absolute atomic E-state index is 9.19. The van der Waals surface area contributed by atoms with Crippen LogP contribution in [0.3, 0.4) is 0 Å². The van der Waals surface area contributed by atoms with E-state index in [4.69, 9.17) is 8.83 Å². The third kappa shape index (κ3) is 3.68. The molecule has 4 nitrogen and oxygen atoms in total. The van der Waals surface area contributed by atoms with Crippen LogP contribution in [-0.2, 0) is 0 Å². The van der Waals surface area contributed by atoms with Crippen molar-refractivity contribution in [1.82, 2.24) is 0 Å². The smallest absolute Gasteiger partial charge is 0.159 e. The molecule has 6 aromatic carbocycles. The van der Waals surface area contributed by atoms with Gasteiger partial charge >= 0.3 is 0 Å². The molecule has 0 saturated heterocycles. The number of anilines is 3. The first-order chi connectivity index (χ1) is 20.3. The minimum Gasteiger partial charge on any atom is -0.454 e. The van der Waals surface area contributed by atoms with Crippen LogP contribution in [0.25, 0.3) is 55.0 Å². The molecule has 8 aromatic rings. The Morgan fingerprint density at radius 2 is 0.927 bits per heavy atom. The fourth-order valence-corrected chi connectivity index (χ4v) is 5.76. The minimum atomic E-state index is 0.648. The summed E-state index contributed by atoms with van der Waals surface area (Å²) in [5.41, 5.74) is 8.95. The zero-order chi connectivity index (χ0) is 27.3. The second kappa shape index (κ2) is 9.15. The number of hydrogen-bond donors (Lipinski definition) is 0. The summed E-state index contributed by atoms with van der Waals surface area (Å²) in [6, 6.07) is 47.2. The van der Waals surface area contributed by atoms with Crippen molar-refractivity contribution in [3.05, 3.63) is 139 Å². The van der Waals surface area contributed by atoms with Crippen molar-refractivity contribution in [3.8, 4) is 17.2 Å². The lowest BCUT2D eigenvalue weighted by molar-refractivity contribution is 0.666. The number of nitriles is 1. The van der Waals surface area contributed by atoms with Crippen LogP contribution < -0.4 is 4.90 Å². The zero-order valence-corrected chi connectivity index (χ0v) is 21.9. The number of nitrogens with zero attached hydrogens (tertiary/aromatic N) is 2. The summed E-state index contributed by atoms with van der Waals surface area (Å²) in [6.07, 6.45) is 0. The molecule has 0 amide bonds. The molecule has 0 spiro atoms. The summed E-state index contributed by atoms with van der Waals surface area (Å²) >= 11 is 0. The number of furan rings is 2. The van der Waals surface area contributed by atoms with Crippen molar-refractivity contribution in [3.63, 3.8) is 0 Å². The number of rotatable bonds is 4. The quantitative estimate of drug-likeness (QED) is 0.229. The molecule has 2 heterocycles. The van der Waals surface area contributed by atoms with Crippen molar-refractivity contribution in [2.75, 3.05) is 4.90 Å². The van der Waals surface area contributed by atoms with Gasteiger partial charge in [-0.05, 0) is 59.7 Å². The van der Waals surface area contributed by atoms with E-state index in [1.165, 1.54) is 0 Å². The summed E-state index contributed by atoms with van der Waals surface area (Å²) in [5.74, 6) is 0. The normalized spacial score (nSPS) is 11.4. The molecule has 0 aliphatic carbocycles. The Kier molecular flexibility index (Phi) is 5.16. The van der Waals surface area contributed by atoms with Gasteiger partial charge in [-0.25, -0.2) is 0 Å². The molecule has 0 N–H and O–H groups in total. The molecule has 41 heavy (non-hydrogen) atoms. The van der Waals surface area contributed by atoms with Crippen molar-refractivity contribution < 1.29 is 8.83 Å². The predicted molar refractivity (Wildman–Crippen MR) is 166 cm³/mol. The standard InChI is InChI=1S/C37H22N2O2/c38-23-24-15-17-25(18-16-24)26-19-21-27(22-20-26)39(32-11-5-9-30-28-7-1-3-13-34(28)40-36(30)32)33-12-6-10-31-29-8-2-4-14-35(29)41-37(31)33/h1-22H. The van der Waals surface area contributed by atoms with Gasteiger partial charge in [0.15, 0.2) is 11.2 Å². The summed E-state index contributed by atoms with van der Waals surface area (Å²) in [6.45, 7) is 0. The summed E-state index contributed by atoms with van der Waals surface area (Å²) in [5, 5.41) is 13.5. The SMILES string of the molecule is N#Cc1ccc(-c2ccc(N(c3cccc4c3oc3ccccc34)c3cccc4c3oc3ccccc34)cc2)cc1.